The molecule has 14 rings (SSSR count). The van der Waals surface area contributed by atoms with Gasteiger partial charge in [-0.25, -0.2) is 38.7 Å². The van der Waals surface area contributed by atoms with Gasteiger partial charge in [-0.3, -0.25) is 43.7 Å². The minimum Gasteiger partial charge on any atom is -0.479 e. The molecule has 117 heavy (non-hydrogen) atoms. The molecular weight excluding hydrogens is 1530 g/mol. The normalized spacial score (nSPS) is 23.7. The van der Waals surface area contributed by atoms with E-state index >= 15 is 0 Å². The van der Waals surface area contributed by atoms with Crippen molar-refractivity contribution in [3.05, 3.63) is 143 Å². The van der Waals surface area contributed by atoms with Crippen LogP contribution in [0.1, 0.15) is 166 Å². The number of pyridine rings is 1. The number of thiazole rings is 1. The van der Waals surface area contributed by atoms with Gasteiger partial charge in [-0.05, 0) is 178 Å². The number of carbonyl (C=O) groups is 10. The summed E-state index contributed by atoms with van der Waals surface area (Å²) in [7, 11) is 0. The number of primary amides is 1. The molecule has 9 atom stereocenters. The van der Waals surface area contributed by atoms with Gasteiger partial charge in [0.1, 0.15) is 42.8 Å². The number of carboxylic acid groups (broad SMARTS) is 2. The molecule has 9 amide bonds. The van der Waals surface area contributed by atoms with Crippen molar-refractivity contribution in [3.8, 4) is 11.1 Å². The number of carboxylic acids is 2. The SMILES string of the molecule is Cc1c(-c2ccc(N3CCc4cccc(C(=O)Nc5nc6ccccc6s5)c4C3)nc2C(=O)O)cnn1CC12CC3(C)CC(C)(C1)CC(OCCN(CCCc1cn([C@@H]4O[C@H](C(=O)O)[C@@H](O)[C@H](O)[C@H]4O)nn1)C(=O)OCc1ccc(N(C(N)=O)C(=O)[C@H](CCCN)NC(=O)[C@@H](NC(=O)CCCCCN4C(=O)C=CC4=O)C(C)C)cc1)(C3)C2. The average Bonchev–Trinajstić information content (AvgIpc) is 1.03. The number of imide groups is 2. The first-order valence-electron chi connectivity index (χ1n) is 39.6. The van der Waals surface area contributed by atoms with Gasteiger partial charge < -0.3 is 71.6 Å². The molecule has 3 aliphatic heterocycles. The minimum atomic E-state index is -1.92. The van der Waals surface area contributed by atoms with E-state index in [9.17, 15) is 73.5 Å². The van der Waals surface area contributed by atoms with E-state index in [1.165, 1.54) is 58.9 Å². The van der Waals surface area contributed by atoms with E-state index in [0.717, 1.165) is 68.7 Å². The quantitative estimate of drug-likeness (QED) is 0.0148. The highest BCUT2D eigenvalue weighted by atomic mass is 32.1. The van der Waals surface area contributed by atoms with Crippen LogP contribution in [0.3, 0.4) is 0 Å². The zero-order valence-corrected chi connectivity index (χ0v) is 66.7. The second-order valence-corrected chi connectivity index (χ2v) is 34.0. The molecule has 0 radical (unpaired) electrons. The molecule has 12 N–H and O–H groups in total. The molecule has 4 aliphatic carbocycles. The summed E-state index contributed by atoms with van der Waals surface area (Å²) in [6, 6.07) is 19.3. The van der Waals surface area contributed by atoms with Gasteiger partial charge in [-0.15, -0.1) is 5.10 Å². The van der Waals surface area contributed by atoms with Gasteiger partial charge in [0, 0.05) is 80.2 Å². The van der Waals surface area contributed by atoms with E-state index in [2.05, 4.69) is 45.1 Å². The van der Waals surface area contributed by atoms with Crippen molar-refractivity contribution in [1.29, 1.82) is 0 Å². The number of hydrogen-bond acceptors (Lipinski definition) is 24. The number of nitrogens with one attached hydrogen (secondary N) is 3. The fraction of sp³-hybridized carbons (Fsp3) is 0.500. The van der Waals surface area contributed by atoms with E-state index in [4.69, 9.17) is 35.8 Å². The second-order valence-electron chi connectivity index (χ2n) is 33.0. The number of aromatic carboxylic acids is 1. The summed E-state index contributed by atoms with van der Waals surface area (Å²) in [5.74, 6) is -5.82. The third-order valence-electron chi connectivity index (χ3n) is 23.3. The molecule has 4 aromatic heterocycles. The number of carbonyl (C=O) groups excluding carboxylic acids is 8. The third-order valence-corrected chi connectivity index (χ3v) is 24.2. The highest BCUT2D eigenvalue weighted by molar-refractivity contribution is 7.22. The molecule has 0 spiro atoms. The summed E-state index contributed by atoms with van der Waals surface area (Å²) in [5, 5.41) is 74.4. The van der Waals surface area contributed by atoms with Crippen LogP contribution in [-0.2, 0) is 75.5 Å². The Morgan fingerprint density at radius 1 is 0.803 bits per heavy atom. The third kappa shape index (κ3) is 18.7. The number of aliphatic hydroxyl groups is 3. The number of benzene rings is 3. The van der Waals surface area contributed by atoms with Crippen LogP contribution in [-0.4, -0.2) is 211 Å². The molecule has 1 saturated heterocycles. The van der Waals surface area contributed by atoms with Gasteiger partial charge in [-0.1, -0.05) is 87.1 Å². The lowest BCUT2D eigenvalue weighted by atomic mass is 9.39. The predicted molar refractivity (Wildman–Crippen MR) is 425 cm³/mol. The number of fused-ring (bicyclic) bond motifs is 2. The Bertz CT molecular complexity index is 4900. The number of rotatable bonds is 34. The predicted octanol–water partition coefficient (Wildman–Crippen LogP) is 6.70. The van der Waals surface area contributed by atoms with Crippen LogP contribution in [0, 0.1) is 29.1 Å². The fourth-order valence-corrected chi connectivity index (χ4v) is 19.7. The van der Waals surface area contributed by atoms with Crippen LogP contribution in [0.5, 0.6) is 0 Å². The minimum absolute atomic E-state index is 0.00413. The lowest BCUT2D eigenvalue weighted by Gasteiger charge is -2.69. The number of urea groups is 1. The topological polar surface area (TPSA) is 475 Å². The van der Waals surface area contributed by atoms with Crippen molar-refractivity contribution in [1.82, 2.24) is 55.2 Å². The number of para-hydroxylation sites is 1. The van der Waals surface area contributed by atoms with Gasteiger partial charge >= 0.3 is 24.1 Å². The highest BCUT2D eigenvalue weighted by Crippen LogP contribution is 2.72. The molecule has 34 nitrogen and oxygen atoms in total. The summed E-state index contributed by atoms with van der Waals surface area (Å²) < 4.78 is 22.7. The van der Waals surface area contributed by atoms with Crippen LogP contribution < -0.4 is 37.2 Å². The lowest BCUT2D eigenvalue weighted by molar-refractivity contribution is -0.249. The monoisotopic (exact) mass is 1630 g/mol. The van der Waals surface area contributed by atoms with Gasteiger partial charge in [0.2, 0.25) is 11.8 Å². The summed E-state index contributed by atoms with van der Waals surface area (Å²) in [6.07, 6.45) is 3.56. The second kappa shape index (κ2) is 35.1. The molecule has 622 valence electrons. The van der Waals surface area contributed by atoms with Crippen LogP contribution in [0.4, 0.5) is 26.2 Å². The Hall–Kier alpha value is -10.9. The average molecular weight is 1630 g/mol. The molecule has 5 fully saturated rings. The molecule has 4 saturated carbocycles. The van der Waals surface area contributed by atoms with E-state index in [1.54, 1.807) is 32.2 Å². The largest absolute Gasteiger partial charge is 0.479 e. The number of ether oxygens (including phenoxy) is 3. The maximum absolute atomic E-state index is 14.6. The van der Waals surface area contributed by atoms with Crippen molar-refractivity contribution >= 4 is 97.7 Å². The molecule has 4 bridgehead atoms. The number of aromatic nitrogens is 7. The first kappa shape index (κ1) is 84.0. The molecule has 3 aromatic carbocycles. The number of nitrogens with zero attached hydrogens (tertiary/aromatic N) is 11. The summed E-state index contributed by atoms with van der Waals surface area (Å²) in [6.45, 7) is 11.7. The molecule has 7 aliphatic rings. The van der Waals surface area contributed by atoms with E-state index < -0.39 is 108 Å². The molecular formula is C82H100N16O18S. The van der Waals surface area contributed by atoms with E-state index in [1.807, 2.05) is 59.0 Å². The van der Waals surface area contributed by atoms with Gasteiger partial charge in [0.15, 0.2) is 23.2 Å². The van der Waals surface area contributed by atoms with Crippen LogP contribution in [0.25, 0.3) is 21.3 Å². The number of nitrogens with two attached hydrogens (primary N) is 2. The standard InChI is InChI=1S/C82H100N16O18S/c1-47(2)64(89-61(99)20-7-6-10-32-95-62(100)27-28-63(95)101)71(106)86-58(18-12-30-83)72(107)98(76(84)112)52-23-21-49(22-24-52)39-114-78(113)93(31-13-15-51-37-96(92-91-51)73-68(104)66(102)67(103)69(116-73)75(110)111)34-35-115-82-43-79(4)40-80(5,44-82)42-81(41-79,45-82)46-97-48(3)55(36-85-97)53-25-26-60(88-65(53)74(108)109)94-33-29-50-14-11-16-54(56(50)38-94)70(105)90-77-87-57-17-8-9-19-59(57)117-77/h8-9,11,14,16-17,19,21-28,36-37,47,58,64,66-69,73,102-104H,6-7,10,12-13,15,18,20,29-35,38-46,83H2,1-5H3,(H2,84,112)(H,86,106)(H,89,99)(H,108,109)(H,110,111)(H,87,90,105)/t58-,64-,66-,67-,68+,69-,73+,79?,80?,81?,82?/m0/s1. The Kier molecular flexibility index (Phi) is 25.2. The van der Waals surface area contributed by atoms with Crippen molar-refractivity contribution in [2.75, 3.05) is 54.4 Å². The molecule has 7 aromatic rings. The first-order valence-corrected chi connectivity index (χ1v) is 40.4. The summed E-state index contributed by atoms with van der Waals surface area (Å²) >= 11 is 1.39. The number of aliphatic carboxylic acids is 1. The number of hydrogen-bond donors (Lipinski definition) is 10. The van der Waals surface area contributed by atoms with Crippen molar-refractivity contribution in [2.24, 2.45) is 33.6 Å². The van der Waals surface area contributed by atoms with Gasteiger partial charge in [0.05, 0.1) is 46.2 Å². The van der Waals surface area contributed by atoms with Gasteiger partial charge in [-0.2, -0.15) is 5.10 Å². The number of amides is 9. The molecule has 2 unspecified atom stereocenters. The maximum Gasteiger partial charge on any atom is 0.410 e. The van der Waals surface area contributed by atoms with E-state index in [0.29, 0.717) is 95.5 Å². The van der Waals surface area contributed by atoms with Crippen molar-refractivity contribution < 1.29 is 87.7 Å². The molecule has 35 heteroatoms. The highest BCUT2D eigenvalue weighted by Gasteiger charge is 2.66. The summed E-state index contributed by atoms with van der Waals surface area (Å²) in [4.78, 5) is 147. The lowest BCUT2D eigenvalue weighted by Crippen LogP contribution is -2.64. The Morgan fingerprint density at radius 3 is 2.25 bits per heavy atom. The smallest absolute Gasteiger partial charge is 0.410 e. The van der Waals surface area contributed by atoms with E-state index in [-0.39, 0.29) is 105 Å². The number of aliphatic hydroxyl groups excluding tert-OH is 3. The number of anilines is 3. The van der Waals surface area contributed by atoms with Gasteiger partial charge in [0.25, 0.3) is 23.6 Å². The zero-order valence-electron chi connectivity index (χ0n) is 65.9. The number of unbranched alkanes of at least 4 members (excludes halogenated alkanes) is 2. The fourth-order valence-electron chi connectivity index (χ4n) is 18.9. The Balaban J connectivity index is 0.672. The first-order chi connectivity index (χ1) is 55.8. The maximum atomic E-state index is 14.6. The molecule has 7 heterocycles. The van der Waals surface area contributed by atoms with Crippen molar-refractivity contribution in [2.45, 2.75) is 199 Å². The summed E-state index contributed by atoms with van der Waals surface area (Å²) in [5.41, 5.74) is 16.2. The Labute approximate surface area is 678 Å². The Morgan fingerprint density at radius 2 is 1.55 bits per heavy atom. The number of aryl methyl sites for hydroxylation is 1. The van der Waals surface area contributed by atoms with Crippen LogP contribution in [0.15, 0.2) is 103 Å². The van der Waals surface area contributed by atoms with Crippen molar-refractivity contribution in [3.63, 3.8) is 0 Å². The van der Waals surface area contributed by atoms with Crippen LogP contribution in [0.2, 0.25) is 0 Å². The zero-order chi connectivity index (χ0) is 83.4. The van der Waals surface area contributed by atoms with Crippen LogP contribution >= 0.6 is 11.3 Å².